The van der Waals surface area contributed by atoms with Gasteiger partial charge in [-0.05, 0) is 18.2 Å². The Kier molecular flexibility index (Phi) is 3.59. The molecule has 0 amide bonds. The van der Waals surface area contributed by atoms with Crippen molar-refractivity contribution in [3.05, 3.63) is 17.3 Å². The summed E-state index contributed by atoms with van der Waals surface area (Å²) in [5.41, 5.74) is 6.43. The minimum Gasteiger partial charge on any atom is -0.399 e. The van der Waals surface area contributed by atoms with Gasteiger partial charge in [0.15, 0.2) is 0 Å². The van der Waals surface area contributed by atoms with Crippen LogP contribution < -0.4 is 10.6 Å². The van der Waals surface area contributed by atoms with Crippen LogP contribution in [0.2, 0.25) is 5.15 Å². The Morgan fingerprint density at radius 3 is 3.00 bits per heavy atom. The zero-order chi connectivity index (χ0) is 10.7. The van der Waals surface area contributed by atoms with E-state index in [4.69, 9.17) is 17.3 Å². The van der Waals surface area contributed by atoms with Gasteiger partial charge >= 0.3 is 0 Å². The number of nitrogens with two attached hydrogens (primary N) is 1. The molecule has 1 aliphatic heterocycles. The molecule has 0 atom stereocenters. The topological polar surface area (TPSA) is 42.1 Å². The molecule has 0 aliphatic carbocycles. The number of thioether (sulfide) groups is 1. The molecule has 15 heavy (non-hydrogen) atoms. The lowest BCUT2D eigenvalue weighted by Crippen LogP contribution is -2.26. The van der Waals surface area contributed by atoms with Crippen LogP contribution in [0.5, 0.6) is 0 Å². The van der Waals surface area contributed by atoms with Crippen molar-refractivity contribution in [1.82, 2.24) is 4.98 Å². The smallest absolute Gasteiger partial charge is 0.133 e. The van der Waals surface area contributed by atoms with Crippen molar-refractivity contribution in [2.24, 2.45) is 0 Å². The normalized spacial score (nSPS) is 17.5. The molecule has 5 heteroatoms. The van der Waals surface area contributed by atoms with Crippen LogP contribution in [0.15, 0.2) is 12.1 Å². The van der Waals surface area contributed by atoms with E-state index in [1.54, 1.807) is 6.07 Å². The summed E-state index contributed by atoms with van der Waals surface area (Å²) >= 11 is 7.88. The van der Waals surface area contributed by atoms with Crippen LogP contribution in [0.3, 0.4) is 0 Å². The Hall–Kier alpha value is -0.610. The number of hydrogen-bond donors (Lipinski definition) is 1. The highest BCUT2D eigenvalue weighted by Crippen LogP contribution is 2.22. The van der Waals surface area contributed by atoms with Crippen molar-refractivity contribution < 1.29 is 0 Å². The second kappa shape index (κ2) is 4.94. The molecule has 1 aliphatic rings. The number of rotatable bonds is 1. The van der Waals surface area contributed by atoms with E-state index in [1.807, 2.05) is 17.8 Å². The summed E-state index contributed by atoms with van der Waals surface area (Å²) in [6.07, 6.45) is 1.19. The van der Waals surface area contributed by atoms with Crippen molar-refractivity contribution in [3.8, 4) is 0 Å². The van der Waals surface area contributed by atoms with Gasteiger partial charge in [0.2, 0.25) is 0 Å². The average Bonchev–Trinajstić information content (AvgIpc) is 2.43. The van der Waals surface area contributed by atoms with Gasteiger partial charge in [-0.15, -0.1) is 0 Å². The van der Waals surface area contributed by atoms with Crippen molar-refractivity contribution >= 4 is 34.9 Å². The predicted molar refractivity (Wildman–Crippen MR) is 67.8 cm³/mol. The maximum atomic E-state index is 5.89. The van der Waals surface area contributed by atoms with Crippen molar-refractivity contribution in [2.75, 3.05) is 35.2 Å². The lowest BCUT2D eigenvalue weighted by atomic mass is 10.3. The van der Waals surface area contributed by atoms with Crippen LogP contribution in [0.1, 0.15) is 6.42 Å². The molecule has 1 aromatic rings. The van der Waals surface area contributed by atoms with Gasteiger partial charge in [-0.1, -0.05) is 11.6 Å². The Bertz CT molecular complexity index is 317. The highest BCUT2D eigenvalue weighted by Gasteiger charge is 2.12. The lowest BCUT2D eigenvalue weighted by Gasteiger charge is -2.21. The van der Waals surface area contributed by atoms with Gasteiger partial charge in [0, 0.05) is 30.6 Å². The molecule has 0 radical (unpaired) electrons. The summed E-state index contributed by atoms with van der Waals surface area (Å²) in [5, 5.41) is 0.474. The van der Waals surface area contributed by atoms with E-state index in [-0.39, 0.29) is 0 Å². The number of nitrogens with zero attached hydrogens (tertiary/aromatic N) is 2. The molecular weight excluding hydrogens is 230 g/mol. The second-order valence-corrected chi connectivity index (χ2v) is 5.15. The number of pyridine rings is 1. The molecule has 82 valence electrons. The zero-order valence-electron chi connectivity index (χ0n) is 8.45. The minimum atomic E-state index is 0.474. The summed E-state index contributed by atoms with van der Waals surface area (Å²) in [6.45, 7) is 2.07. The Morgan fingerprint density at radius 1 is 1.33 bits per heavy atom. The molecule has 0 bridgehead atoms. The highest BCUT2D eigenvalue weighted by molar-refractivity contribution is 7.99. The third kappa shape index (κ3) is 2.92. The van der Waals surface area contributed by atoms with Gasteiger partial charge in [0.25, 0.3) is 0 Å². The minimum absolute atomic E-state index is 0.474. The number of nitrogen functional groups attached to an aromatic ring is 1. The molecule has 1 saturated heterocycles. The molecule has 2 rings (SSSR count). The van der Waals surface area contributed by atoms with E-state index in [0.717, 1.165) is 24.7 Å². The first-order valence-corrected chi connectivity index (χ1v) is 6.55. The summed E-state index contributed by atoms with van der Waals surface area (Å²) in [5.74, 6) is 3.28. The first-order valence-electron chi connectivity index (χ1n) is 5.01. The second-order valence-electron chi connectivity index (χ2n) is 3.53. The van der Waals surface area contributed by atoms with E-state index in [1.165, 1.54) is 12.2 Å². The van der Waals surface area contributed by atoms with Crippen LogP contribution in [0, 0.1) is 0 Å². The largest absolute Gasteiger partial charge is 0.399 e. The molecule has 3 nitrogen and oxygen atoms in total. The van der Waals surface area contributed by atoms with Crippen LogP contribution in [-0.4, -0.2) is 29.6 Å². The van der Waals surface area contributed by atoms with Gasteiger partial charge in [-0.25, -0.2) is 4.98 Å². The number of halogens is 1. The fourth-order valence-corrected chi connectivity index (χ4v) is 2.74. The Labute approximate surface area is 99.0 Å². The van der Waals surface area contributed by atoms with Gasteiger partial charge in [-0.3, -0.25) is 0 Å². The van der Waals surface area contributed by atoms with Crippen LogP contribution in [-0.2, 0) is 0 Å². The van der Waals surface area contributed by atoms with E-state index < -0.39 is 0 Å². The van der Waals surface area contributed by atoms with Gasteiger partial charge < -0.3 is 10.6 Å². The number of anilines is 2. The molecule has 2 N–H and O–H groups in total. The molecule has 0 unspecified atom stereocenters. The fraction of sp³-hybridized carbons (Fsp3) is 0.500. The average molecular weight is 244 g/mol. The van der Waals surface area contributed by atoms with Crippen LogP contribution >= 0.6 is 23.4 Å². The Balaban J connectivity index is 2.19. The maximum absolute atomic E-state index is 5.89. The van der Waals surface area contributed by atoms with E-state index in [2.05, 4.69) is 9.88 Å². The monoisotopic (exact) mass is 243 g/mol. The molecule has 0 spiro atoms. The van der Waals surface area contributed by atoms with Crippen LogP contribution in [0.4, 0.5) is 11.5 Å². The van der Waals surface area contributed by atoms with Crippen molar-refractivity contribution in [1.29, 1.82) is 0 Å². The third-order valence-electron chi connectivity index (χ3n) is 2.35. The molecule has 0 aromatic carbocycles. The molecular formula is C10H14ClN3S. The standard InChI is InChI=1S/C10H14ClN3S/c11-9-6-8(12)7-10(13-9)14-2-1-4-15-5-3-14/h6-7H,1-5H2,(H2,12,13). The highest BCUT2D eigenvalue weighted by atomic mass is 35.5. The molecule has 2 heterocycles. The molecule has 1 fully saturated rings. The number of aromatic nitrogens is 1. The Morgan fingerprint density at radius 2 is 2.20 bits per heavy atom. The zero-order valence-corrected chi connectivity index (χ0v) is 10.0. The van der Waals surface area contributed by atoms with Gasteiger partial charge in [-0.2, -0.15) is 11.8 Å². The third-order valence-corrected chi connectivity index (χ3v) is 3.59. The van der Waals surface area contributed by atoms with Crippen molar-refractivity contribution in [3.63, 3.8) is 0 Å². The molecule has 0 saturated carbocycles. The summed E-state index contributed by atoms with van der Waals surface area (Å²) in [7, 11) is 0. The maximum Gasteiger partial charge on any atom is 0.133 e. The lowest BCUT2D eigenvalue weighted by molar-refractivity contribution is 0.802. The quantitative estimate of drug-likeness (QED) is 0.769. The summed E-state index contributed by atoms with van der Waals surface area (Å²) < 4.78 is 0. The first kappa shape index (κ1) is 10.9. The SMILES string of the molecule is Nc1cc(Cl)nc(N2CCCSCC2)c1. The van der Waals surface area contributed by atoms with Gasteiger partial charge in [0.1, 0.15) is 11.0 Å². The van der Waals surface area contributed by atoms with Crippen LogP contribution in [0.25, 0.3) is 0 Å². The summed E-state index contributed by atoms with van der Waals surface area (Å²) in [6, 6.07) is 3.57. The van der Waals surface area contributed by atoms with Gasteiger partial charge in [0.05, 0.1) is 0 Å². The first-order chi connectivity index (χ1) is 7.25. The van der Waals surface area contributed by atoms with Crippen molar-refractivity contribution in [2.45, 2.75) is 6.42 Å². The fourth-order valence-electron chi connectivity index (χ4n) is 1.64. The predicted octanol–water partition coefficient (Wildman–Crippen LogP) is 2.26. The van der Waals surface area contributed by atoms with E-state index in [9.17, 15) is 0 Å². The number of hydrogen-bond acceptors (Lipinski definition) is 4. The van der Waals surface area contributed by atoms with E-state index in [0.29, 0.717) is 10.8 Å². The summed E-state index contributed by atoms with van der Waals surface area (Å²) in [4.78, 5) is 6.55. The molecule has 1 aromatic heterocycles. The van der Waals surface area contributed by atoms with E-state index >= 15 is 0 Å².